The second kappa shape index (κ2) is 5.98. The van der Waals surface area contributed by atoms with Crippen LogP contribution in [0.2, 0.25) is 0 Å². The third-order valence-electron chi connectivity index (χ3n) is 2.82. The summed E-state index contributed by atoms with van der Waals surface area (Å²) < 4.78 is 44.5. The summed E-state index contributed by atoms with van der Waals surface area (Å²) in [6, 6.07) is 5.05. The highest BCUT2D eigenvalue weighted by Crippen LogP contribution is 2.31. The number of hydrogen-bond acceptors (Lipinski definition) is 5. The van der Waals surface area contributed by atoms with Gasteiger partial charge in [-0.05, 0) is 35.1 Å². The van der Waals surface area contributed by atoms with Crippen molar-refractivity contribution >= 4 is 11.5 Å². The van der Waals surface area contributed by atoms with Crippen LogP contribution in [0.4, 0.5) is 13.2 Å². The number of rotatable bonds is 4. The molecule has 0 aliphatic rings. The van der Waals surface area contributed by atoms with Gasteiger partial charge in [0.25, 0.3) is 0 Å². The van der Waals surface area contributed by atoms with Crippen molar-refractivity contribution < 1.29 is 17.9 Å². The number of nitrogens with zero attached hydrogens (tertiary/aromatic N) is 2. The first kappa shape index (κ1) is 15.7. The van der Waals surface area contributed by atoms with Gasteiger partial charge in [0.05, 0.1) is 16.6 Å². The first-order valence-corrected chi connectivity index (χ1v) is 6.98. The average Bonchev–Trinajstić information content (AvgIpc) is 2.85. The van der Waals surface area contributed by atoms with Gasteiger partial charge in [-0.3, -0.25) is 0 Å². The van der Waals surface area contributed by atoms with Gasteiger partial charge in [-0.1, -0.05) is 30.5 Å². The largest absolute Gasteiger partial charge is 0.573 e. The fourth-order valence-electron chi connectivity index (χ4n) is 1.88. The normalized spacial score (nSPS) is 13.5. The highest BCUT2D eigenvalue weighted by atomic mass is 32.1. The van der Waals surface area contributed by atoms with Crippen LogP contribution in [0.5, 0.6) is 5.75 Å². The van der Waals surface area contributed by atoms with Gasteiger partial charge < -0.3 is 10.5 Å². The van der Waals surface area contributed by atoms with Crippen molar-refractivity contribution in [3.8, 4) is 5.75 Å². The molecular formula is C13H14F3N3OS. The fraction of sp³-hybridized carbons (Fsp3) is 0.385. The molecule has 0 saturated heterocycles. The van der Waals surface area contributed by atoms with Crippen molar-refractivity contribution in [3.63, 3.8) is 0 Å². The van der Waals surface area contributed by atoms with Crippen LogP contribution in [-0.4, -0.2) is 15.9 Å². The van der Waals surface area contributed by atoms with Crippen LogP contribution in [0.1, 0.15) is 41.9 Å². The van der Waals surface area contributed by atoms with E-state index >= 15 is 0 Å². The Kier molecular flexibility index (Phi) is 4.48. The zero-order chi connectivity index (χ0) is 15.6. The smallest absolute Gasteiger partial charge is 0.406 e. The van der Waals surface area contributed by atoms with Crippen LogP contribution in [0.15, 0.2) is 24.3 Å². The van der Waals surface area contributed by atoms with Gasteiger partial charge in [-0.25, -0.2) is 0 Å². The molecule has 1 unspecified atom stereocenters. The quantitative estimate of drug-likeness (QED) is 0.936. The van der Waals surface area contributed by atoms with Crippen LogP contribution >= 0.6 is 11.5 Å². The maximum Gasteiger partial charge on any atom is 0.573 e. The van der Waals surface area contributed by atoms with E-state index in [4.69, 9.17) is 5.73 Å². The second-order valence-corrected chi connectivity index (χ2v) is 5.56. The third-order valence-corrected chi connectivity index (χ3v) is 3.64. The first-order valence-electron chi connectivity index (χ1n) is 6.21. The topological polar surface area (TPSA) is 61.0 Å². The molecule has 1 heterocycles. The minimum atomic E-state index is -4.72. The van der Waals surface area contributed by atoms with Crippen LogP contribution < -0.4 is 10.5 Å². The molecule has 1 aromatic heterocycles. The van der Waals surface area contributed by atoms with Gasteiger partial charge in [0, 0.05) is 0 Å². The number of benzene rings is 1. The summed E-state index contributed by atoms with van der Waals surface area (Å²) in [5, 5.41) is 4.02. The van der Waals surface area contributed by atoms with E-state index in [1.807, 2.05) is 13.8 Å². The van der Waals surface area contributed by atoms with E-state index < -0.39 is 12.4 Å². The number of ether oxygens (including phenoxy) is 1. The second-order valence-electron chi connectivity index (χ2n) is 4.78. The Balaban J connectivity index is 2.29. The predicted octanol–water partition coefficient (Wildman–Crippen LogP) is 3.61. The predicted molar refractivity (Wildman–Crippen MR) is 73.2 cm³/mol. The number of halogens is 3. The van der Waals surface area contributed by atoms with Crippen molar-refractivity contribution in [2.45, 2.75) is 32.2 Å². The zero-order valence-electron chi connectivity index (χ0n) is 11.4. The Bertz CT molecular complexity index is 613. The molecule has 21 heavy (non-hydrogen) atoms. The summed E-state index contributed by atoms with van der Waals surface area (Å²) in [5.74, 6) is -0.154. The van der Waals surface area contributed by atoms with Crippen LogP contribution in [0, 0.1) is 0 Å². The Hall–Kier alpha value is -1.67. The molecule has 0 amide bonds. The highest BCUT2D eigenvalue weighted by molar-refractivity contribution is 7.05. The van der Waals surface area contributed by atoms with Gasteiger partial charge in [0.1, 0.15) is 5.75 Å². The number of alkyl halides is 3. The maximum absolute atomic E-state index is 12.2. The van der Waals surface area contributed by atoms with Crippen molar-refractivity contribution in [2.75, 3.05) is 0 Å². The van der Waals surface area contributed by atoms with Gasteiger partial charge >= 0.3 is 6.36 Å². The van der Waals surface area contributed by atoms with Crippen molar-refractivity contribution in [2.24, 2.45) is 5.73 Å². The van der Waals surface area contributed by atoms with Crippen molar-refractivity contribution in [3.05, 3.63) is 40.4 Å². The van der Waals surface area contributed by atoms with E-state index in [1.54, 1.807) is 6.07 Å². The highest BCUT2D eigenvalue weighted by Gasteiger charge is 2.31. The lowest BCUT2D eigenvalue weighted by Crippen LogP contribution is -2.18. The Morgan fingerprint density at radius 2 is 2.00 bits per heavy atom. The average molecular weight is 317 g/mol. The molecule has 2 rings (SSSR count). The molecule has 1 atom stereocenters. The molecule has 2 N–H and O–H groups in total. The number of aromatic nitrogens is 2. The first-order chi connectivity index (χ1) is 9.78. The monoisotopic (exact) mass is 317 g/mol. The molecule has 8 heteroatoms. The van der Waals surface area contributed by atoms with E-state index in [0.717, 1.165) is 22.1 Å². The summed E-state index contributed by atoms with van der Waals surface area (Å²) >= 11 is 1.15. The summed E-state index contributed by atoms with van der Waals surface area (Å²) in [5.41, 5.74) is 7.40. The number of nitrogens with two attached hydrogens (primary N) is 1. The van der Waals surface area contributed by atoms with Crippen LogP contribution in [0.3, 0.4) is 0 Å². The van der Waals surface area contributed by atoms with Gasteiger partial charge in [-0.2, -0.15) is 0 Å². The molecule has 0 radical (unpaired) electrons. The summed E-state index contributed by atoms with van der Waals surface area (Å²) in [6.45, 7) is 3.91. The third kappa shape index (κ3) is 3.92. The molecule has 0 bridgehead atoms. The van der Waals surface area contributed by atoms with Crippen LogP contribution in [0.25, 0.3) is 0 Å². The summed E-state index contributed by atoms with van der Waals surface area (Å²) in [6.07, 6.45) is -4.72. The zero-order valence-corrected chi connectivity index (χ0v) is 12.2. The van der Waals surface area contributed by atoms with Crippen LogP contribution in [-0.2, 0) is 0 Å². The van der Waals surface area contributed by atoms with Gasteiger partial charge in [0.15, 0.2) is 0 Å². The fourth-order valence-corrected chi connectivity index (χ4v) is 2.71. The minimum Gasteiger partial charge on any atom is -0.406 e. The van der Waals surface area contributed by atoms with Crippen molar-refractivity contribution in [1.82, 2.24) is 9.59 Å². The lowest BCUT2D eigenvalue weighted by atomic mass is 10.0. The van der Waals surface area contributed by atoms with E-state index in [1.165, 1.54) is 18.2 Å². The van der Waals surface area contributed by atoms with E-state index in [-0.39, 0.29) is 11.7 Å². The lowest BCUT2D eigenvalue weighted by molar-refractivity contribution is -0.274. The molecule has 0 aliphatic carbocycles. The Morgan fingerprint density at radius 1 is 1.29 bits per heavy atom. The minimum absolute atomic E-state index is 0.138. The molecule has 0 fully saturated rings. The standard InChI is InChI=1S/C13H14F3N3OS/c1-7(2)11-12(21-19-18-11)10(17)8-4-3-5-9(6-8)20-13(14,15)16/h3-7,10H,17H2,1-2H3. The molecule has 0 spiro atoms. The van der Waals surface area contributed by atoms with E-state index in [0.29, 0.717) is 5.56 Å². The molecule has 2 aromatic rings. The Morgan fingerprint density at radius 3 is 2.62 bits per heavy atom. The SMILES string of the molecule is CC(C)c1nnsc1C(N)c1cccc(OC(F)(F)F)c1. The van der Waals surface area contributed by atoms with Gasteiger partial charge in [-0.15, -0.1) is 18.3 Å². The molecule has 1 aromatic carbocycles. The van der Waals surface area contributed by atoms with E-state index in [9.17, 15) is 13.2 Å². The molecule has 0 saturated carbocycles. The molecule has 4 nitrogen and oxygen atoms in total. The summed E-state index contributed by atoms with van der Waals surface area (Å²) in [4.78, 5) is 0.745. The van der Waals surface area contributed by atoms with Gasteiger partial charge in [0.2, 0.25) is 0 Å². The molecule has 114 valence electrons. The lowest BCUT2D eigenvalue weighted by Gasteiger charge is -2.15. The van der Waals surface area contributed by atoms with E-state index in [2.05, 4.69) is 14.3 Å². The summed E-state index contributed by atoms with van der Waals surface area (Å²) in [7, 11) is 0. The molecular weight excluding hydrogens is 303 g/mol. The van der Waals surface area contributed by atoms with Crippen molar-refractivity contribution in [1.29, 1.82) is 0 Å². The maximum atomic E-state index is 12.2. The Labute approximate surface area is 123 Å². The molecule has 0 aliphatic heterocycles. The number of hydrogen-bond donors (Lipinski definition) is 1.